The fraction of sp³-hybridized carbons (Fsp3) is 0.357. The third kappa shape index (κ3) is 4.66. The maximum Gasteiger partial charge on any atom is 0.251 e. The molecule has 0 aliphatic rings. The monoisotopic (exact) mass is 291 g/mol. The smallest absolute Gasteiger partial charge is 0.251 e. The van der Waals surface area contributed by atoms with Crippen molar-refractivity contribution >= 4 is 5.91 Å². The lowest BCUT2D eigenvalue weighted by atomic mass is 10.1. The Labute approximate surface area is 121 Å². The standard InChI is InChI=1S/C14H17N3O4/c18-7-9-20-8-1-6-15-13(19)11-2-4-12(5-3-11)14-17-16-10-21-14/h2-5,10,18H,1,6-9H2,(H,15,19). The van der Waals surface area contributed by atoms with Crippen molar-refractivity contribution in [2.24, 2.45) is 0 Å². The fourth-order valence-electron chi connectivity index (χ4n) is 1.71. The molecule has 1 aromatic carbocycles. The quantitative estimate of drug-likeness (QED) is 0.700. The molecule has 0 bridgehead atoms. The Morgan fingerprint density at radius 2 is 2.10 bits per heavy atom. The zero-order valence-electron chi connectivity index (χ0n) is 11.5. The molecule has 21 heavy (non-hydrogen) atoms. The lowest BCUT2D eigenvalue weighted by Gasteiger charge is -2.06. The summed E-state index contributed by atoms with van der Waals surface area (Å²) in [5.41, 5.74) is 1.33. The zero-order chi connectivity index (χ0) is 14.9. The van der Waals surface area contributed by atoms with Crippen LogP contribution in [0.4, 0.5) is 0 Å². The van der Waals surface area contributed by atoms with Crippen molar-refractivity contribution in [2.45, 2.75) is 6.42 Å². The summed E-state index contributed by atoms with van der Waals surface area (Å²) in [6.07, 6.45) is 1.96. The van der Waals surface area contributed by atoms with Gasteiger partial charge in [0.25, 0.3) is 5.91 Å². The Kier molecular flexibility index (Phi) is 5.86. The highest BCUT2D eigenvalue weighted by Crippen LogP contribution is 2.16. The Hall–Kier alpha value is -2.25. The summed E-state index contributed by atoms with van der Waals surface area (Å²) >= 11 is 0. The van der Waals surface area contributed by atoms with E-state index in [9.17, 15) is 4.79 Å². The van der Waals surface area contributed by atoms with Crippen molar-refractivity contribution < 1.29 is 19.1 Å². The molecule has 2 aromatic rings. The normalized spacial score (nSPS) is 10.5. The van der Waals surface area contributed by atoms with Crippen molar-refractivity contribution in [3.8, 4) is 11.5 Å². The van der Waals surface area contributed by atoms with E-state index in [-0.39, 0.29) is 12.5 Å². The van der Waals surface area contributed by atoms with Gasteiger partial charge in [-0.15, -0.1) is 10.2 Å². The number of hydrogen-bond donors (Lipinski definition) is 2. The number of carbonyl (C=O) groups is 1. The predicted molar refractivity (Wildman–Crippen MR) is 74.6 cm³/mol. The molecule has 1 amide bonds. The predicted octanol–water partition coefficient (Wildman–Crippen LogP) is 0.865. The maximum absolute atomic E-state index is 11.9. The van der Waals surface area contributed by atoms with Crippen LogP contribution in [0.2, 0.25) is 0 Å². The van der Waals surface area contributed by atoms with Gasteiger partial charge >= 0.3 is 0 Å². The van der Waals surface area contributed by atoms with E-state index >= 15 is 0 Å². The summed E-state index contributed by atoms with van der Waals surface area (Å²) in [5, 5.41) is 18.7. The Balaban J connectivity index is 1.78. The minimum absolute atomic E-state index is 0.0127. The molecule has 0 aliphatic carbocycles. The largest absolute Gasteiger partial charge is 0.423 e. The van der Waals surface area contributed by atoms with Crippen LogP contribution in [0.3, 0.4) is 0 Å². The molecule has 2 rings (SSSR count). The van der Waals surface area contributed by atoms with Crippen LogP contribution in [-0.2, 0) is 4.74 Å². The zero-order valence-corrected chi connectivity index (χ0v) is 11.5. The average molecular weight is 291 g/mol. The molecule has 0 aliphatic heterocycles. The van der Waals surface area contributed by atoms with E-state index in [0.717, 1.165) is 5.56 Å². The number of nitrogens with zero attached hydrogens (tertiary/aromatic N) is 2. The first-order chi connectivity index (χ1) is 10.3. The van der Waals surface area contributed by atoms with Gasteiger partial charge in [0.15, 0.2) is 0 Å². The average Bonchev–Trinajstić information content (AvgIpc) is 3.05. The van der Waals surface area contributed by atoms with E-state index in [1.54, 1.807) is 24.3 Å². The number of hydrogen-bond acceptors (Lipinski definition) is 6. The summed E-state index contributed by atoms with van der Waals surface area (Å²) in [6, 6.07) is 6.92. The van der Waals surface area contributed by atoms with E-state index in [4.69, 9.17) is 14.3 Å². The SMILES string of the molecule is O=C(NCCCOCCO)c1ccc(-c2nnco2)cc1. The third-order valence-corrected chi connectivity index (χ3v) is 2.74. The van der Waals surface area contributed by atoms with Crippen LogP contribution in [0, 0.1) is 0 Å². The van der Waals surface area contributed by atoms with Gasteiger partial charge in [0.1, 0.15) is 0 Å². The Morgan fingerprint density at radius 3 is 2.76 bits per heavy atom. The molecule has 0 saturated heterocycles. The number of nitrogens with one attached hydrogen (secondary N) is 1. The van der Waals surface area contributed by atoms with Gasteiger partial charge in [0, 0.05) is 24.3 Å². The molecule has 1 heterocycles. The minimum atomic E-state index is -0.144. The molecule has 2 N–H and O–H groups in total. The first-order valence-electron chi connectivity index (χ1n) is 6.64. The van der Waals surface area contributed by atoms with Crippen LogP contribution in [0.1, 0.15) is 16.8 Å². The van der Waals surface area contributed by atoms with Crippen LogP contribution in [0.25, 0.3) is 11.5 Å². The van der Waals surface area contributed by atoms with Gasteiger partial charge in [-0.3, -0.25) is 4.79 Å². The molecular weight excluding hydrogens is 274 g/mol. The lowest BCUT2D eigenvalue weighted by Crippen LogP contribution is -2.25. The fourth-order valence-corrected chi connectivity index (χ4v) is 1.71. The van der Waals surface area contributed by atoms with E-state index in [2.05, 4.69) is 15.5 Å². The summed E-state index contributed by atoms with van der Waals surface area (Å²) in [5.74, 6) is 0.275. The van der Waals surface area contributed by atoms with Gasteiger partial charge in [0.2, 0.25) is 12.3 Å². The second-order valence-electron chi connectivity index (χ2n) is 4.27. The van der Waals surface area contributed by atoms with Gasteiger partial charge in [-0.1, -0.05) is 0 Å². The molecule has 0 radical (unpaired) electrons. The van der Waals surface area contributed by atoms with Crippen LogP contribution >= 0.6 is 0 Å². The van der Waals surface area contributed by atoms with Crippen LogP contribution in [-0.4, -0.2) is 47.6 Å². The van der Waals surface area contributed by atoms with Crippen molar-refractivity contribution in [3.63, 3.8) is 0 Å². The number of aliphatic hydroxyl groups is 1. The molecule has 0 spiro atoms. The van der Waals surface area contributed by atoms with Gasteiger partial charge in [-0.2, -0.15) is 0 Å². The van der Waals surface area contributed by atoms with Crippen LogP contribution in [0.15, 0.2) is 35.1 Å². The third-order valence-electron chi connectivity index (χ3n) is 2.74. The topological polar surface area (TPSA) is 97.5 Å². The number of benzene rings is 1. The van der Waals surface area contributed by atoms with Gasteiger partial charge < -0.3 is 19.6 Å². The first-order valence-corrected chi connectivity index (χ1v) is 6.64. The number of rotatable bonds is 8. The van der Waals surface area contributed by atoms with Crippen molar-refractivity contribution in [1.29, 1.82) is 0 Å². The highest BCUT2D eigenvalue weighted by Gasteiger charge is 2.07. The molecular formula is C14H17N3O4. The van der Waals surface area contributed by atoms with Crippen molar-refractivity contribution in [1.82, 2.24) is 15.5 Å². The van der Waals surface area contributed by atoms with E-state index < -0.39 is 0 Å². The number of aromatic nitrogens is 2. The molecule has 0 atom stereocenters. The Morgan fingerprint density at radius 1 is 1.29 bits per heavy atom. The molecule has 112 valence electrons. The number of aliphatic hydroxyl groups excluding tert-OH is 1. The number of carbonyl (C=O) groups excluding carboxylic acids is 1. The van der Waals surface area contributed by atoms with Crippen LogP contribution < -0.4 is 5.32 Å². The van der Waals surface area contributed by atoms with Gasteiger partial charge in [0.05, 0.1) is 13.2 Å². The number of ether oxygens (including phenoxy) is 1. The molecule has 0 saturated carbocycles. The van der Waals surface area contributed by atoms with Crippen LogP contribution in [0.5, 0.6) is 0 Å². The van der Waals surface area contributed by atoms with Crippen molar-refractivity contribution in [3.05, 3.63) is 36.2 Å². The van der Waals surface area contributed by atoms with E-state index in [1.165, 1.54) is 6.39 Å². The lowest BCUT2D eigenvalue weighted by molar-refractivity contribution is 0.0867. The molecule has 0 fully saturated rings. The summed E-state index contributed by atoms with van der Waals surface area (Å²) < 4.78 is 10.2. The second-order valence-corrected chi connectivity index (χ2v) is 4.27. The molecule has 1 aromatic heterocycles. The first kappa shape index (κ1) is 15.1. The summed E-state index contributed by atoms with van der Waals surface area (Å²) in [7, 11) is 0. The second kappa shape index (κ2) is 8.13. The van der Waals surface area contributed by atoms with Gasteiger partial charge in [-0.05, 0) is 30.7 Å². The summed E-state index contributed by atoms with van der Waals surface area (Å²) in [4.78, 5) is 11.9. The number of amides is 1. The van der Waals surface area contributed by atoms with E-state index in [1.807, 2.05) is 0 Å². The maximum atomic E-state index is 11.9. The highest BCUT2D eigenvalue weighted by atomic mass is 16.5. The Bertz CT molecular complexity index is 540. The minimum Gasteiger partial charge on any atom is -0.423 e. The summed E-state index contributed by atoms with van der Waals surface area (Å²) in [6.45, 7) is 1.37. The molecule has 7 nitrogen and oxygen atoms in total. The molecule has 0 unspecified atom stereocenters. The van der Waals surface area contributed by atoms with Crippen molar-refractivity contribution in [2.75, 3.05) is 26.4 Å². The highest BCUT2D eigenvalue weighted by molar-refractivity contribution is 5.94. The van der Waals surface area contributed by atoms with Gasteiger partial charge in [-0.25, -0.2) is 0 Å². The molecule has 7 heteroatoms. The van der Waals surface area contributed by atoms with E-state index in [0.29, 0.717) is 37.6 Å².